The zero-order chi connectivity index (χ0) is 15.6. The molecule has 0 radical (unpaired) electrons. The van der Waals surface area contributed by atoms with Crippen LogP contribution in [0.25, 0.3) is 0 Å². The molecule has 2 heterocycles. The molecule has 0 unspecified atom stereocenters. The summed E-state index contributed by atoms with van der Waals surface area (Å²) < 4.78 is 1.80. The van der Waals surface area contributed by atoms with Gasteiger partial charge in [-0.05, 0) is 20.3 Å². The first-order valence-corrected chi connectivity index (χ1v) is 7.67. The summed E-state index contributed by atoms with van der Waals surface area (Å²) in [7, 11) is 1.90. The maximum Gasteiger partial charge on any atom is 0.315 e. The first-order valence-electron chi connectivity index (χ1n) is 6.79. The van der Waals surface area contributed by atoms with E-state index >= 15 is 0 Å². The monoisotopic (exact) mass is 308 g/mol. The molecule has 2 aromatic heterocycles. The standard InChI is InChI=1S/C14H20N4O2S/c1-5-10-9(7-18(4)17-10)6-15-13-16-11(8-21-13)14(2,3)12(19)20/h7-8H,5-6H2,1-4H3,(H,15,16)(H,19,20). The van der Waals surface area contributed by atoms with E-state index in [4.69, 9.17) is 0 Å². The number of nitrogens with one attached hydrogen (secondary N) is 1. The first-order chi connectivity index (χ1) is 9.84. The number of aromatic nitrogens is 3. The average Bonchev–Trinajstić information content (AvgIpc) is 3.02. The van der Waals surface area contributed by atoms with Crippen molar-refractivity contribution in [1.29, 1.82) is 0 Å². The van der Waals surface area contributed by atoms with E-state index in [0.717, 1.165) is 22.8 Å². The van der Waals surface area contributed by atoms with Crippen molar-refractivity contribution >= 4 is 22.4 Å². The third-order valence-corrected chi connectivity index (χ3v) is 4.24. The lowest BCUT2D eigenvalue weighted by molar-refractivity contribution is -0.142. The van der Waals surface area contributed by atoms with Crippen molar-refractivity contribution in [2.45, 2.75) is 39.2 Å². The highest BCUT2D eigenvalue weighted by atomic mass is 32.1. The van der Waals surface area contributed by atoms with Gasteiger partial charge in [0.2, 0.25) is 0 Å². The maximum absolute atomic E-state index is 11.2. The topological polar surface area (TPSA) is 80.0 Å². The Balaban J connectivity index is 2.08. The summed E-state index contributed by atoms with van der Waals surface area (Å²) >= 11 is 1.42. The predicted octanol–water partition coefficient (Wildman–Crippen LogP) is 2.41. The molecule has 0 saturated carbocycles. The largest absolute Gasteiger partial charge is 0.481 e. The molecule has 0 atom stereocenters. The highest BCUT2D eigenvalue weighted by Crippen LogP contribution is 2.27. The van der Waals surface area contributed by atoms with Gasteiger partial charge in [-0.15, -0.1) is 11.3 Å². The van der Waals surface area contributed by atoms with Crippen LogP contribution in [0.15, 0.2) is 11.6 Å². The van der Waals surface area contributed by atoms with Crippen LogP contribution in [0.4, 0.5) is 5.13 Å². The lowest BCUT2D eigenvalue weighted by atomic mass is 9.90. The summed E-state index contributed by atoms with van der Waals surface area (Å²) in [5.41, 5.74) is 1.80. The number of carboxylic acid groups (broad SMARTS) is 1. The van der Waals surface area contributed by atoms with Gasteiger partial charge < -0.3 is 10.4 Å². The molecule has 0 spiro atoms. The van der Waals surface area contributed by atoms with Crippen molar-refractivity contribution in [1.82, 2.24) is 14.8 Å². The second-order valence-corrected chi connectivity index (χ2v) is 6.31. The molecule has 0 saturated heterocycles. The maximum atomic E-state index is 11.2. The molecule has 2 rings (SSSR count). The Bertz CT molecular complexity index is 645. The van der Waals surface area contributed by atoms with Crippen molar-refractivity contribution in [3.05, 3.63) is 28.5 Å². The van der Waals surface area contributed by atoms with Crippen LogP contribution in [0.3, 0.4) is 0 Å². The van der Waals surface area contributed by atoms with Gasteiger partial charge in [0.1, 0.15) is 5.41 Å². The van der Waals surface area contributed by atoms with E-state index in [-0.39, 0.29) is 0 Å². The average molecular weight is 308 g/mol. The minimum Gasteiger partial charge on any atom is -0.481 e. The summed E-state index contributed by atoms with van der Waals surface area (Å²) in [5.74, 6) is -0.875. The molecule has 6 nitrogen and oxygen atoms in total. The molecule has 0 amide bonds. The summed E-state index contributed by atoms with van der Waals surface area (Å²) in [5, 5.41) is 19.4. The van der Waals surface area contributed by atoms with Gasteiger partial charge >= 0.3 is 5.97 Å². The van der Waals surface area contributed by atoms with E-state index in [1.165, 1.54) is 11.3 Å². The minimum atomic E-state index is -0.973. The summed E-state index contributed by atoms with van der Waals surface area (Å²) in [4.78, 5) is 15.6. The van der Waals surface area contributed by atoms with Crippen molar-refractivity contribution < 1.29 is 9.90 Å². The van der Waals surface area contributed by atoms with Gasteiger partial charge in [-0.3, -0.25) is 9.48 Å². The van der Waals surface area contributed by atoms with E-state index in [1.807, 2.05) is 13.2 Å². The number of carbonyl (C=O) groups is 1. The Kier molecular flexibility index (Phi) is 4.32. The number of rotatable bonds is 6. The Morgan fingerprint density at radius 3 is 2.86 bits per heavy atom. The molecule has 7 heteroatoms. The highest BCUT2D eigenvalue weighted by molar-refractivity contribution is 7.13. The van der Waals surface area contributed by atoms with Gasteiger partial charge in [-0.25, -0.2) is 4.98 Å². The van der Waals surface area contributed by atoms with Gasteiger partial charge in [0.25, 0.3) is 0 Å². The smallest absolute Gasteiger partial charge is 0.315 e. The van der Waals surface area contributed by atoms with E-state index in [0.29, 0.717) is 12.2 Å². The third-order valence-electron chi connectivity index (χ3n) is 3.44. The van der Waals surface area contributed by atoms with E-state index in [9.17, 15) is 9.90 Å². The lowest BCUT2D eigenvalue weighted by Gasteiger charge is -2.15. The van der Waals surface area contributed by atoms with Gasteiger partial charge in [-0.1, -0.05) is 6.92 Å². The Labute approximate surface area is 127 Å². The molecule has 0 aliphatic rings. The van der Waals surface area contributed by atoms with Crippen LogP contribution in [0.5, 0.6) is 0 Å². The Morgan fingerprint density at radius 2 is 2.24 bits per heavy atom. The summed E-state index contributed by atoms with van der Waals surface area (Å²) in [6.45, 7) is 6.02. The highest BCUT2D eigenvalue weighted by Gasteiger charge is 2.32. The fourth-order valence-electron chi connectivity index (χ4n) is 1.95. The van der Waals surface area contributed by atoms with Crippen LogP contribution in [-0.2, 0) is 30.2 Å². The van der Waals surface area contributed by atoms with E-state index < -0.39 is 11.4 Å². The second kappa shape index (κ2) is 5.85. The summed E-state index contributed by atoms with van der Waals surface area (Å²) in [6, 6.07) is 0. The number of hydrogen-bond donors (Lipinski definition) is 2. The fraction of sp³-hybridized carbons (Fsp3) is 0.500. The van der Waals surface area contributed by atoms with E-state index in [1.54, 1.807) is 23.9 Å². The molecule has 2 aromatic rings. The van der Waals surface area contributed by atoms with Crippen LogP contribution in [0.2, 0.25) is 0 Å². The molecule has 0 aliphatic heterocycles. The molecular formula is C14H20N4O2S. The SMILES string of the molecule is CCc1nn(C)cc1CNc1nc(C(C)(C)C(=O)O)cs1. The Morgan fingerprint density at radius 1 is 1.52 bits per heavy atom. The van der Waals surface area contributed by atoms with Crippen molar-refractivity contribution in [3.63, 3.8) is 0 Å². The number of hydrogen-bond acceptors (Lipinski definition) is 5. The van der Waals surface area contributed by atoms with Crippen LogP contribution in [-0.4, -0.2) is 25.8 Å². The number of anilines is 1. The molecular weight excluding hydrogens is 288 g/mol. The van der Waals surface area contributed by atoms with Gasteiger partial charge in [0.15, 0.2) is 5.13 Å². The Hall–Kier alpha value is -1.89. The number of nitrogens with zero attached hydrogens (tertiary/aromatic N) is 3. The molecule has 2 N–H and O–H groups in total. The minimum absolute atomic E-state index is 0.574. The van der Waals surface area contributed by atoms with E-state index in [2.05, 4.69) is 22.3 Å². The van der Waals surface area contributed by atoms with Gasteiger partial charge in [0.05, 0.1) is 11.4 Å². The summed E-state index contributed by atoms with van der Waals surface area (Å²) in [6.07, 6.45) is 2.87. The molecule has 0 aromatic carbocycles. The first kappa shape index (κ1) is 15.5. The zero-order valence-corrected chi connectivity index (χ0v) is 13.5. The van der Waals surface area contributed by atoms with Crippen LogP contribution in [0.1, 0.15) is 37.7 Å². The molecule has 0 aliphatic carbocycles. The lowest BCUT2D eigenvalue weighted by Crippen LogP contribution is -2.28. The molecule has 0 fully saturated rings. The van der Waals surface area contributed by atoms with Crippen molar-refractivity contribution in [3.8, 4) is 0 Å². The van der Waals surface area contributed by atoms with Crippen LogP contribution >= 0.6 is 11.3 Å². The predicted molar refractivity (Wildman–Crippen MR) is 82.7 cm³/mol. The number of aliphatic carboxylic acids is 1. The van der Waals surface area contributed by atoms with Crippen molar-refractivity contribution in [2.75, 3.05) is 5.32 Å². The van der Waals surface area contributed by atoms with Gasteiger partial charge in [-0.2, -0.15) is 5.10 Å². The van der Waals surface area contributed by atoms with Crippen LogP contribution in [0, 0.1) is 0 Å². The molecule has 0 bridgehead atoms. The van der Waals surface area contributed by atoms with Gasteiger partial charge in [0, 0.05) is 30.7 Å². The second-order valence-electron chi connectivity index (χ2n) is 5.45. The zero-order valence-electron chi connectivity index (χ0n) is 12.7. The third kappa shape index (κ3) is 3.24. The quantitative estimate of drug-likeness (QED) is 0.856. The normalized spacial score (nSPS) is 11.6. The number of carboxylic acids is 1. The number of aryl methyl sites for hydroxylation is 2. The number of thiazole rings is 1. The molecule has 21 heavy (non-hydrogen) atoms. The fourth-order valence-corrected chi connectivity index (χ4v) is 2.83. The van der Waals surface area contributed by atoms with Crippen LogP contribution < -0.4 is 5.32 Å². The molecule has 114 valence electrons. The van der Waals surface area contributed by atoms with Crippen molar-refractivity contribution in [2.24, 2.45) is 7.05 Å².